The summed E-state index contributed by atoms with van der Waals surface area (Å²) in [5.41, 5.74) is 2.71. The van der Waals surface area contributed by atoms with Crippen LogP contribution in [0.1, 0.15) is 10.9 Å². The highest BCUT2D eigenvalue weighted by Crippen LogP contribution is 2.24. The van der Waals surface area contributed by atoms with E-state index in [9.17, 15) is 8.42 Å². The number of aryl methyl sites for hydroxylation is 1. The molecule has 4 aromatic rings. The molecule has 0 spiro atoms. The second-order valence-electron chi connectivity index (χ2n) is 5.98. The number of sulfonamides is 1. The Labute approximate surface area is 166 Å². The maximum Gasteiger partial charge on any atom is 0.242 e. The Bertz CT molecular complexity index is 1180. The number of aromatic nitrogens is 3. The minimum atomic E-state index is -3.63. The molecule has 0 saturated heterocycles. The van der Waals surface area contributed by atoms with Crippen molar-refractivity contribution in [2.24, 2.45) is 0 Å². The Morgan fingerprint density at radius 2 is 1.71 bits per heavy atom. The molecule has 142 valence electrons. The van der Waals surface area contributed by atoms with E-state index in [1.807, 2.05) is 36.6 Å². The lowest BCUT2D eigenvalue weighted by atomic mass is 10.1. The summed E-state index contributed by atoms with van der Waals surface area (Å²) in [6.45, 7) is 1.88. The number of hydrogen-bond donors (Lipinski definition) is 1. The van der Waals surface area contributed by atoms with Crippen LogP contribution in [0.15, 0.2) is 69.4 Å². The van der Waals surface area contributed by atoms with E-state index in [-0.39, 0.29) is 17.3 Å². The summed E-state index contributed by atoms with van der Waals surface area (Å²) in [6.07, 6.45) is 0. The van der Waals surface area contributed by atoms with Gasteiger partial charge in [0, 0.05) is 16.5 Å². The predicted molar refractivity (Wildman–Crippen MR) is 106 cm³/mol. The predicted octanol–water partition coefficient (Wildman–Crippen LogP) is 3.65. The first-order valence-corrected chi connectivity index (χ1v) is 10.8. The summed E-state index contributed by atoms with van der Waals surface area (Å²) in [5, 5.41) is 6.96. The van der Waals surface area contributed by atoms with Gasteiger partial charge in [-0.15, -0.1) is 11.3 Å². The van der Waals surface area contributed by atoms with Crippen molar-refractivity contribution < 1.29 is 12.9 Å². The van der Waals surface area contributed by atoms with Crippen molar-refractivity contribution in [3.05, 3.63) is 70.9 Å². The Hall–Kier alpha value is -2.88. The SMILES string of the molecule is Cc1nc(-c2ccc(-c3noc(CNS(=O)(=O)c4ccccc4)n3)cc2)cs1. The second-order valence-corrected chi connectivity index (χ2v) is 8.81. The molecule has 0 amide bonds. The Morgan fingerprint density at radius 1 is 1.00 bits per heavy atom. The van der Waals surface area contributed by atoms with Crippen molar-refractivity contribution in [3.8, 4) is 22.6 Å². The minimum Gasteiger partial charge on any atom is -0.338 e. The van der Waals surface area contributed by atoms with Gasteiger partial charge >= 0.3 is 0 Å². The van der Waals surface area contributed by atoms with Gasteiger partial charge in [0.25, 0.3) is 0 Å². The van der Waals surface area contributed by atoms with Gasteiger partial charge in [-0.05, 0) is 19.1 Å². The minimum absolute atomic E-state index is 0.0829. The fraction of sp³-hybridized carbons (Fsp3) is 0.105. The fourth-order valence-corrected chi connectivity index (χ4v) is 4.19. The number of nitrogens with zero attached hydrogens (tertiary/aromatic N) is 3. The number of rotatable bonds is 6. The summed E-state index contributed by atoms with van der Waals surface area (Å²) in [4.78, 5) is 8.91. The van der Waals surface area contributed by atoms with Gasteiger partial charge in [0.2, 0.25) is 21.7 Å². The van der Waals surface area contributed by atoms with Crippen molar-refractivity contribution >= 4 is 21.4 Å². The van der Waals surface area contributed by atoms with Gasteiger partial charge in [-0.25, -0.2) is 18.1 Å². The van der Waals surface area contributed by atoms with Gasteiger partial charge in [-0.2, -0.15) is 4.98 Å². The molecule has 0 radical (unpaired) electrons. The third-order valence-electron chi connectivity index (χ3n) is 3.99. The zero-order valence-corrected chi connectivity index (χ0v) is 16.5. The van der Waals surface area contributed by atoms with E-state index >= 15 is 0 Å². The van der Waals surface area contributed by atoms with E-state index in [4.69, 9.17) is 4.52 Å². The molecular formula is C19H16N4O3S2. The van der Waals surface area contributed by atoms with Crippen LogP contribution in [0.4, 0.5) is 0 Å². The third kappa shape index (κ3) is 4.01. The van der Waals surface area contributed by atoms with Crippen molar-refractivity contribution in [2.75, 3.05) is 0 Å². The van der Waals surface area contributed by atoms with E-state index in [1.165, 1.54) is 12.1 Å². The van der Waals surface area contributed by atoms with Gasteiger partial charge in [0.1, 0.15) is 0 Å². The van der Waals surface area contributed by atoms with Crippen LogP contribution in [0.3, 0.4) is 0 Å². The van der Waals surface area contributed by atoms with Crippen molar-refractivity contribution in [1.82, 2.24) is 19.8 Å². The molecule has 0 saturated carbocycles. The molecular weight excluding hydrogens is 396 g/mol. The van der Waals surface area contributed by atoms with E-state index in [1.54, 1.807) is 29.5 Å². The van der Waals surface area contributed by atoms with Gasteiger partial charge in [-0.1, -0.05) is 47.6 Å². The molecule has 9 heteroatoms. The molecule has 28 heavy (non-hydrogen) atoms. The molecule has 0 atom stereocenters. The third-order valence-corrected chi connectivity index (χ3v) is 6.18. The average Bonchev–Trinajstić information content (AvgIpc) is 3.37. The molecule has 7 nitrogen and oxygen atoms in total. The number of hydrogen-bond acceptors (Lipinski definition) is 7. The lowest BCUT2D eigenvalue weighted by Gasteiger charge is -2.03. The van der Waals surface area contributed by atoms with Crippen molar-refractivity contribution in [2.45, 2.75) is 18.4 Å². The molecule has 2 aromatic carbocycles. The lowest BCUT2D eigenvalue weighted by Crippen LogP contribution is -2.23. The van der Waals surface area contributed by atoms with Crippen LogP contribution in [0.5, 0.6) is 0 Å². The van der Waals surface area contributed by atoms with E-state index in [0.29, 0.717) is 5.82 Å². The maximum absolute atomic E-state index is 12.3. The molecule has 0 aliphatic rings. The summed E-state index contributed by atoms with van der Waals surface area (Å²) >= 11 is 1.60. The first-order valence-electron chi connectivity index (χ1n) is 8.41. The van der Waals surface area contributed by atoms with E-state index in [0.717, 1.165) is 21.8 Å². The highest BCUT2D eigenvalue weighted by atomic mass is 32.2. The van der Waals surface area contributed by atoms with Gasteiger partial charge in [0.15, 0.2) is 0 Å². The zero-order chi connectivity index (χ0) is 19.6. The Morgan fingerprint density at radius 3 is 2.39 bits per heavy atom. The zero-order valence-electron chi connectivity index (χ0n) is 14.9. The van der Waals surface area contributed by atoms with Crippen LogP contribution in [-0.4, -0.2) is 23.5 Å². The molecule has 4 rings (SSSR count). The smallest absolute Gasteiger partial charge is 0.242 e. The molecule has 2 heterocycles. The summed E-state index contributed by atoms with van der Waals surface area (Å²) in [5.74, 6) is 0.587. The van der Waals surface area contributed by atoms with Crippen molar-refractivity contribution in [3.63, 3.8) is 0 Å². The first-order chi connectivity index (χ1) is 13.5. The lowest BCUT2D eigenvalue weighted by molar-refractivity contribution is 0.376. The quantitative estimate of drug-likeness (QED) is 0.519. The van der Waals surface area contributed by atoms with Crippen LogP contribution in [0.25, 0.3) is 22.6 Å². The number of benzene rings is 2. The average molecular weight is 412 g/mol. The van der Waals surface area contributed by atoms with Crippen LogP contribution in [-0.2, 0) is 16.6 Å². The highest BCUT2D eigenvalue weighted by molar-refractivity contribution is 7.89. The summed E-state index contributed by atoms with van der Waals surface area (Å²) in [6, 6.07) is 15.8. The fourth-order valence-electron chi connectivity index (χ4n) is 2.57. The normalized spacial score (nSPS) is 11.6. The standard InChI is InChI=1S/C19H16N4O3S2/c1-13-21-17(12-27-13)14-7-9-15(10-8-14)19-22-18(26-23-19)11-20-28(24,25)16-5-3-2-4-6-16/h2-10,12,20H,11H2,1H3. The van der Waals surface area contributed by atoms with Crippen LogP contribution in [0.2, 0.25) is 0 Å². The van der Waals surface area contributed by atoms with E-state index in [2.05, 4.69) is 19.8 Å². The molecule has 0 unspecified atom stereocenters. The largest absolute Gasteiger partial charge is 0.338 e. The summed E-state index contributed by atoms with van der Waals surface area (Å²) in [7, 11) is -3.63. The monoisotopic (exact) mass is 412 g/mol. The molecule has 0 aliphatic carbocycles. The highest BCUT2D eigenvalue weighted by Gasteiger charge is 2.16. The number of nitrogens with one attached hydrogen (secondary N) is 1. The van der Waals surface area contributed by atoms with Gasteiger partial charge in [-0.3, -0.25) is 0 Å². The molecule has 2 aromatic heterocycles. The molecule has 0 bridgehead atoms. The van der Waals surface area contributed by atoms with E-state index < -0.39 is 10.0 Å². The Kier molecular flexibility index (Phi) is 5.03. The molecule has 1 N–H and O–H groups in total. The van der Waals surface area contributed by atoms with Gasteiger partial charge in [0.05, 0.1) is 22.1 Å². The molecule has 0 fully saturated rings. The summed E-state index contributed by atoms with van der Waals surface area (Å²) < 4.78 is 32.1. The first kappa shape index (κ1) is 18.5. The molecule has 0 aliphatic heterocycles. The topological polar surface area (TPSA) is 98.0 Å². The van der Waals surface area contributed by atoms with Crippen molar-refractivity contribution in [1.29, 1.82) is 0 Å². The Balaban J connectivity index is 1.46. The van der Waals surface area contributed by atoms with Crippen LogP contribution < -0.4 is 4.72 Å². The second kappa shape index (κ2) is 7.63. The maximum atomic E-state index is 12.3. The van der Waals surface area contributed by atoms with Gasteiger partial charge < -0.3 is 4.52 Å². The number of thiazole rings is 1. The van der Waals surface area contributed by atoms with Crippen LogP contribution >= 0.6 is 11.3 Å². The van der Waals surface area contributed by atoms with Crippen LogP contribution in [0, 0.1) is 6.92 Å².